The Morgan fingerprint density at radius 2 is 1.73 bits per heavy atom. The maximum absolute atomic E-state index is 12.0. The van der Waals surface area contributed by atoms with Gasteiger partial charge in [0.05, 0.1) is 13.5 Å². The van der Waals surface area contributed by atoms with Crippen molar-refractivity contribution < 1.29 is 19.1 Å². The lowest BCUT2D eigenvalue weighted by atomic mass is 9.87. The SMILES string of the molecule is COC(=O)CC(C)NC(=O)C(C)NC(=O)CC1CCCCC1. The molecule has 0 saturated heterocycles. The lowest BCUT2D eigenvalue weighted by molar-refractivity contribution is -0.141. The smallest absolute Gasteiger partial charge is 0.307 e. The van der Waals surface area contributed by atoms with Crippen molar-refractivity contribution in [2.45, 2.75) is 70.9 Å². The van der Waals surface area contributed by atoms with Crippen LogP contribution in [0.15, 0.2) is 0 Å². The number of ether oxygens (including phenoxy) is 1. The minimum Gasteiger partial charge on any atom is -0.469 e. The topological polar surface area (TPSA) is 84.5 Å². The van der Waals surface area contributed by atoms with Crippen molar-refractivity contribution in [3.05, 3.63) is 0 Å². The molecule has 2 unspecified atom stereocenters. The van der Waals surface area contributed by atoms with Gasteiger partial charge in [0.2, 0.25) is 11.8 Å². The number of carbonyl (C=O) groups is 3. The normalized spacial score (nSPS) is 18.1. The minimum absolute atomic E-state index is 0.0739. The highest BCUT2D eigenvalue weighted by Gasteiger charge is 2.21. The molecule has 1 fully saturated rings. The summed E-state index contributed by atoms with van der Waals surface area (Å²) >= 11 is 0. The summed E-state index contributed by atoms with van der Waals surface area (Å²) in [7, 11) is 1.31. The van der Waals surface area contributed by atoms with E-state index in [1.807, 2.05) is 0 Å². The van der Waals surface area contributed by atoms with Crippen LogP contribution in [0.2, 0.25) is 0 Å². The molecule has 1 aliphatic carbocycles. The first-order valence-electron chi connectivity index (χ1n) is 8.09. The molecular formula is C16H28N2O4. The van der Waals surface area contributed by atoms with Crippen LogP contribution < -0.4 is 10.6 Å². The summed E-state index contributed by atoms with van der Waals surface area (Å²) in [5.74, 6) is -0.285. The van der Waals surface area contributed by atoms with Gasteiger partial charge >= 0.3 is 5.97 Å². The fourth-order valence-corrected chi connectivity index (χ4v) is 2.77. The maximum atomic E-state index is 12.0. The Labute approximate surface area is 132 Å². The molecule has 0 aromatic rings. The van der Waals surface area contributed by atoms with Crippen LogP contribution >= 0.6 is 0 Å². The van der Waals surface area contributed by atoms with E-state index in [1.54, 1.807) is 13.8 Å². The van der Waals surface area contributed by atoms with Crippen LogP contribution in [-0.2, 0) is 19.1 Å². The highest BCUT2D eigenvalue weighted by Crippen LogP contribution is 2.26. The molecule has 0 aliphatic heterocycles. The summed E-state index contributed by atoms with van der Waals surface area (Å²) in [4.78, 5) is 35.1. The van der Waals surface area contributed by atoms with Crippen LogP contribution in [-0.4, -0.2) is 37.0 Å². The van der Waals surface area contributed by atoms with Gasteiger partial charge in [-0.15, -0.1) is 0 Å². The summed E-state index contributed by atoms with van der Waals surface area (Å²) in [5, 5.41) is 5.43. The van der Waals surface area contributed by atoms with E-state index in [4.69, 9.17) is 0 Å². The van der Waals surface area contributed by atoms with Crippen molar-refractivity contribution in [3.8, 4) is 0 Å². The number of hydrogen-bond donors (Lipinski definition) is 2. The van der Waals surface area contributed by atoms with Crippen LogP contribution in [0.25, 0.3) is 0 Å². The van der Waals surface area contributed by atoms with Gasteiger partial charge in [-0.25, -0.2) is 0 Å². The second-order valence-corrected chi connectivity index (χ2v) is 6.19. The average molecular weight is 312 g/mol. The molecule has 0 aromatic carbocycles. The highest BCUT2D eigenvalue weighted by molar-refractivity contribution is 5.87. The van der Waals surface area contributed by atoms with Gasteiger partial charge in [-0.2, -0.15) is 0 Å². The molecular weight excluding hydrogens is 284 g/mol. The van der Waals surface area contributed by atoms with Gasteiger partial charge in [0.15, 0.2) is 0 Å². The summed E-state index contributed by atoms with van der Waals surface area (Å²) < 4.78 is 4.55. The average Bonchev–Trinajstić information content (AvgIpc) is 2.47. The van der Waals surface area contributed by atoms with Crippen LogP contribution in [0.5, 0.6) is 0 Å². The van der Waals surface area contributed by atoms with Crippen LogP contribution in [0.4, 0.5) is 0 Å². The second kappa shape index (κ2) is 9.43. The molecule has 0 spiro atoms. The molecule has 0 radical (unpaired) electrons. The van der Waals surface area contributed by atoms with Crippen LogP contribution in [0.1, 0.15) is 58.8 Å². The third kappa shape index (κ3) is 6.91. The zero-order valence-electron chi connectivity index (χ0n) is 13.8. The molecule has 22 heavy (non-hydrogen) atoms. The molecule has 2 amide bonds. The molecule has 2 atom stereocenters. The van der Waals surface area contributed by atoms with Crippen molar-refractivity contribution >= 4 is 17.8 Å². The number of nitrogens with one attached hydrogen (secondary N) is 2. The second-order valence-electron chi connectivity index (χ2n) is 6.19. The summed E-state index contributed by atoms with van der Waals surface area (Å²) in [5.41, 5.74) is 0. The van der Waals surface area contributed by atoms with Crippen molar-refractivity contribution in [2.24, 2.45) is 5.92 Å². The fraction of sp³-hybridized carbons (Fsp3) is 0.812. The van der Waals surface area contributed by atoms with Crippen molar-refractivity contribution in [1.29, 1.82) is 0 Å². The van der Waals surface area contributed by atoms with E-state index in [0.717, 1.165) is 12.8 Å². The lowest BCUT2D eigenvalue weighted by Crippen LogP contribution is -2.48. The van der Waals surface area contributed by atoms with Gasteiger partial charge in [0, 0.05) is 12.5 Å². The number of amides is 2. The zero-order valence-corrected chi connectivity index (χ0v) is 13.8. The van der Waals surface area contributed by atoms with Gasteiger partial charge in [0.25, 0.3) is 0 Å². The van der Waals surface area contributed by atoms with Crippen LogP contribution in [0.3, 0.4) is 0 Å². The Bertz CT molecular complexity index is 392. The molecule has 1 aliphatic rings. The molecule has 2 N–H and O–H groups in total. The Balaban J connectivity index is 2.30. The fourth-order valence-electron chi connectivity index (χ4n) is 2.77. The third-order valence-corrected chi connectivity index (χ3v) is 4.06. The summed E-state index contributed by atoms with van der Waals surface area (Å²) in [6.07, 6.45) is 6.46. The zero-order chi connectivity index (χ0) is 16.5. The van der Waals surface area contributed by atoms with Gasteiger partial charge in [0.1, 0.15) is 6.04 Å². The van der Waals surface area contributed by atoms with Gasteiger partial charge < -0.3 is 15.4 Å². The van der Waals surface area contributed by atoms with Gasteiger partial charge in [-0.3, -0.25) is 14.4 Å². The van der Waals surface area contributed by atoms with Crippen molar-refractivity contribution in [3.63, 3.8) is 0 Å². The highest BCUT2D eigenvalue weighted by atomic mass is 16.5. The van der Waals surface area contributed by atoms with E-state index < -0.39 is 6.04 Å². The predicted molar refractivity (Wildman–Crippen MR) is 83.0 cm³/mol. The largest absolute Gasteiger partial charge is 0.469 e. The first-order chi connectivity index (χ1) is 10.4. The Morgan fingerprint density at radius 1 is 1.09 bits per heavy atom. The molecule has 0 aromatic heterocycles. The van der Waals surface area contributed by atoms with Gasteiger partial charge in [-0.1, -0.05) is 19.3 Å². The van der Waals surface area contributed by atoms with E-state index in [0.29, 0.717) is 12.3 Å². The van der Waals surface area contributed by atoms with E-state index in [9.17, 15) is 14.4 Å². The molecule has 6 heteroatoms. The quantitative estimate of drug-likeness (QED) is 0.698. The molecule has 0 heterocycles. The van der Waals surface area contributed by atoms with E-state index in [-0.39, 0.29) is 30.2 Å². The number of rotatable bonds is 7. The predicted octanol–water partition coefficient (Wildman–Crippen LogP) is 1.53. The summed E-state index contributed by atoms with van der Waals surface area (Å²) in [6, 6.07) is -0.922. The Morgan fingerprint density at radius 3 is 2.32 bits per heavy atom. The monoisotopic (exact) mass is 312 g/mol. The van der Waals surface area contributed by atoms with Crippen LogP contribution in [0, 0.1) is 5.92 Å². The van der Waals surface area contributed by atoms with E-state index in [1.165, 1.54) is 26.4 Å². The summed E-state index contributed by atoms with van der Waals surface area (Å²) in [6.45, 7) is 3.38. The molecule has 0 bridgehead atoms. The van der Waals surface area contributed by atoms with E-state index >= 15 is 0 Å². The number of hydrogen-bond acceptors (Lipinski definition) is 4. The van der Waals surface area contributed by atoms with Gasteiger partial charge in [-0.05, 0) is 32.6 Å². The minimum atomic E-state index is -0.601. The molecule has 126 valence electrons. The number of carbonyl (C=O) groups excluding carboxylic acids is 3. The Hall–Kier alpha value is -1.59. The first kappa shape index (κ1) is 18.5. The molecule has 1 rings (SSSR count). The van der Waals surface area contributed by atoms with Crippen molar-refractivity contribution in [2.75, 3.05) is 7.11 Å². The first-order valence-corrected chi connectivity index (χ1v) is 8.09. The van der Waals surface area contributed by atoms with Crippen molar-refractivity contribution in [1.82, 2.24) is 10.6 Å². The standard InChI is InChI=1S/C16H28N2O4/c1-11(9-15(20)22-3)17-16(21)12(2)18-14(19)10-13-7-5-4-6-8-13/h11-13H,4-10H2,1-3H3,(H,17,21)(H,18,19). The number of methoxy groups -OCH3 is 1. The van der Waals surface area contributed by atoms with E-state index in [2.05, 4.69) is 15.4 Å². The lowest BCUT2D eigenvalue weighted by Gasteiger charge is -2.22. The number of esters is 1. The molecule has 6 nitrogen and oxygen atoms in total. The molecule has 1 saturated carbocycles. The Kier molecular flexibility index (Phi) is 7.91. The third-order valence-electron chi connectivity index (χ3n) is 4.06. The maximum Gasteiger partial charge on any atom is 0.307 e.